The average molecular weight is 362 g/mol. The summed E-state index contributed by atoms with van der Waals surface area (Å²) >= 11 is 0. The van der Waals surface area contributed by atoms with Gasteiger partial charge in [-0.3, -0.25) is 9.59 Å². The monoisotopic (exact) mass is 362 g/mol. The highest BCUT2D eigenvalue weighted by Crippen LogP contribution is 2.29. The summed E-state index contributed by atoms with van der Waals surface area (Å²) in [7, 11) is 0. The van der Waals surface area contributed by atoms with Gasteiger partial charge in [-0.05, 0) is 30.2 Å². The zero-order valence-corrected chi connectivity index (χ0v) is 13.7. The van der Waals surface area contributed by atoms with Crippen LogP contribution in [0.3, 0.4) is 0 Å². The molecule has 7 heteroatoms. The second kappa shape index (κ2) is 8.33. The Morgan fingerprint density at radius 1 is 1.08 bits per heavy atom. The van der Waals surface area contributed by atoms with Crippen LogP contribution in [0.1, 0.15) is 27.9 Å². The number of primary amides is 1. The number of hydrogen-bond donors (Lipinski definition) is 2. The Morgan fingerprint density at radius 3 is 2.38 bits per heavy atom. The highest BCUT2D eigenvalue weighted by atomic mass is 19.4. The van der Waals surface area contributed by atoms with Crippen molar-refractivity contribution in [3.63, 3.8) is 0 Å². The highest BCUT2D eigenvalue weighted by molar-refractivity contribution is 5.97. The molecule has 0 fully saturated rings. The van der Waals surface area contributed by atoms with Crippen molar-refractivity contribution in [2.45, 2.75) is 18.6 Å². The standard InChI is InChI=1S/C19H17F3N2O2/c20-19(21,22)15-10-5-9-14(12-15)18(26)24-16(17(23)25)11-4-8-13-6-2-1-3-7-13/h1-10,12,16H,11H2,(H2,23,25)(H,24,26)/b8-4+/t16-/m0/s1. The smallest absolute Gasteiger partial charge is 0.368 e. The van der Waals surface area contributed by atoms with Crippen LogP contribution in [0.4, 0.5) is 13.2 Å². The van der Waals surface area contributed by atoms with Gasteiger partial charge < -0.3 is 11.1 Å². The Labute approximate surface area is 148 Å². The average Bonchev–Trinajstić information content (AvgIpc) is 2.61. The molecule has 136 valence electrons. The fourth-order valence-electron chi connectivity index (χ4n) is 2.23. The molecule has 0 spiro atoms. The number of halogens is 3. The molecule has 0 aromatic heterocycles. The summed E-state index contributed by atoms with van der Waals surface area (Å²) in [6.45, 7) is 0. The minimum absolute atomic E-state index is 0.120. The molecule has 0 saturated heterocycles. The maximum absolute atomic E-state index is 12.7. The number of nitrogens with one attached hydrogen (secondary N) is 1. The van der Waals surface area contributed by atoms with E-state index in [1.165, 1.54) is 6.07 Å². The number of amides is 2. The van der Waals surface area contributed by atoms with Gasteiger partial charge in [-0.25, -0.2) is 0 Å². The second-order valence-corrected chi connectivity index (χ2v) is 5.56. The third-order valence-corrected chi connectivity index (χ3v) is 3.58. The Hall–Kier alpha value is -3.09. The third kappa shape index (κ3) is 5.47. The van der Waals surface area contributed by atoms with E-state index >= 15 is 0 Å². The first kappa shape index (κ1) is 19.2. The molecule has 0 aliphatic rings. The molecule has 2 aromatic rings. The maximum Gasteiger partial charge on any atom is 0.416 e. The van der Waals surface area contributed by atoms with Crippen LogP contribution in [0, 0.1) is 0 Å². The van der Waals surface area contributed by atoms with Crippen molar-refractivity contribution in [1.82, 2.24) is 5.32 Å². The van der Waals surface area contributed by atoms with Gasteiger partial charge in [0.2, 0.25) is 5.91 Å². The van der Waals surface area contributed by atoms with E-state index < -0.39 is 29.6 Å². The molecule has 4 nitrogen and oxygen atoms in total. The van der Waals surface area contributed by atoms with E-state index in [2.05, 4.69) is 5.32 Å². The molecule has 1 atom stereocenters. The number of hydrogen-bond acceptors (Lipinski definition) is 2. The summed E-state index contributed by atoms with van der Waals surface area (Å²) in [6, 6.07) is 12.2. The zero-order chi connectivity index (χ0) is 19.2. The number of nitrogens with two attached hydrogens (primary N) is 1. The van der Waals surface area contributed by atoms with Crippen LogP contribution in [0.2, 0.25) is 0 Å². The van der Waals surface area contributed by atoms with Crippen molar-refractivity contribution in [1.29, 1.82) is 0 Å². The van der Waals surface area contributed by atoms with Gasteiger partial charge in [0.25, 0.3) is 5.91 Å². The van der Waals surface area contributed by atoms with E-state index in [4.69, 9.17) is 5.73 Å². The molecule has 0 heterocycles. The molecule has 26 heavy (non-hydrogen) atoms. The van der Waals surface area contributed by atoms with Crippen molar-refractivity contribution in [3.05, 3.63) is 77.4 Å². The Morgan fingerprint density at radius 2 is 1.77 bits per heavy atom. The van der Waals surface area contributed by atoms with E-state index in [0.717, 1.165) is 23.8 Å². The van der Waals surface area contributed by atoms with E-state index in [-0.39, 0.29) is 12.0 Å². The van der Waals surface area contributed by atoms with Crippen LogP contribution in [0.15, 0.2) is 60.7 Å². The van der Waals surface area contributed by atoms with E-state index in [0.29, 0.717) is 0 Å². The second-order valence-electron chi connectivity index (χ2n) is 5.56. The van der Waals surface area contributed by atoms with Crippen LogP contribution in [-0.4, -0.2) is 17.9 Å². The quantitative estimate of drug-likeness (QED) is 0.827. The van der Waals surface area contributed by atoms with E-state index in [1.807, 2.05) is 30.3 Å². The topological polar surface area (TPSA) is 72.2 Å². The molecule has 0 unspecified atom stereocenters. The summed E-state index contributed by atoms with van der Waals surface area (Å²) in [4.78, 5) is 23.7. The number of benzene rings is 2. The molecule has 2 amide bonds. The van der Waals surface area contributed by atoms with Gasteiger partial charge in [0.1, 0.15) is 6.04 Å². The predicted octanol–water partition coefficient (Wildman–Crippen LogP) is 3.39. The van der Waals surface area contributed by atoms with Crippen molar-refractivity contribution >= 4 is 17.9 Å². The number of alkyl halides is 3. The molecule has 3 N–H and O–H groups in total. The Balaban J connectivity index is 2.06. The van der Waals surface area contributed by atoms with Crippen molar-refractivity contribution in [3.8, 4) is 0 Å². The maximum atomic E-state index is 12.7. The van der Waals surface area contributed by atoms with Gasteiger partial charge in [0.15, 0.2) is 0 Å². The normalized spacial score (nSPS) is 12.7. The fraction of sp³-hybridized carbons (Fsp3) is 0.158. The number of carbonyl (C=O) groups is 2. The first-order valence-corrected chi connectivity index (χ1v) is 7.76. The fourth-order valence-corrected chi connectivity index (χ4v) is 2.23. The van der Waals surface area contributed by atoms with Crippen LogP contribution in [0.25, 0.3) is 6.08 Å². The van der Waals surface area contributed by atoms with Crippen LogP contribution < -0.4 is 11.1 Å². The Kier molecular flexibility index (Phi) is 6.16. The van der Waals surface area contributed by atoms with Crippen LogP contribution in [0.5, 0.6) is 0 Å². The molecule has 0 bridgehead atoms. The van der Waals surface area contributed by atoms with Gasteiger partial charge in [-0.2, -0.15) is 13.2 Å². The van der Waals surface area contributed by atoms with Gasteiger partial charge in [-0.15, -0.1) is 0 Å². The number of carbonyl (C=O) groups excluding carboxylic acids is 2. The minimum Gasteiger partial charge on any atom is -0.368 e. The lowest BCUT2D eigenvalue weighted by Gasteiger charge is -2.14. The first-order chi connectivity index (χ1) is 12.3. The molecule has 2 aromatic carbocycles. The van der Waals surface area contributed by atoms with E-state index in [9.17, 15) is 22.8 Å². The SMILES string of the molecule is NC(=O)[C@H](C/C=C/c1ccccc1)NC(=O)c1cccc(C(F)(F)F)c1. The molecular weight excluding hydrogens is 345 g/mol. The molecule has 0 aliphatic heterocycles. The predicted molar refractivity (Wildman–Crippen MR) is 92.0 cm³/mol. The first-order valence-electron chi connectivity index (χ1n) is 7.76. The van der Waals surface area contributed by atoms with Gasteiger partial charge in [0.05, 0.1) is 5.56 Å². The highest BCUT2D eigenvalue weighted by Gasteiger charge is 2.31. The van der Waals surface area contributed by atoms with Crippen LogP contribution in [-0.2, 0) is 11.0 Å². The van der Waals surface area contributed by atoms with Crippen molar-refractivity contribution in [2.75, 3.05) is 0 Å². The molecule has 0 saturated carbocycles. The zero-order valence-electron chi connectivity index (χ0n) is 13.7. The molecule has 0 radical (unpaired) electrons. The molecular formula is C19H17F3N2O2. The molecule has 2 rings (SSSR count). The van der Waals surface area contributed by atoms with Crippen LogP contribution >= 0.6 is 0 Å². The molecule has 0 aliphatic carbocycles. The summed E-state index contributed by atoms with van der Waals surface area (Å²) in [5, 5.41) is 2.37. The van der Waals surface area contributed by atoms with Crippen molar-refractivity contribution in [2.24, 2.45) is 5.73 Å². The lowest BCUT2D eigenvalue weighted by molar-refractivity contribution is -0.137. The van der Waals surface area contributed by atoms with Gasteiger partial charge in [-0.1, -0.05) is 48.6 Å². The summed E-state index contributed by atoms with van der Waals surface area (Å²) in [5.74, 6) is -1.57. The lowest BCUT2D eigenvalue weighted by atomic mass is 10.1. The van der Waals surface area contributed by atoms with E-state index in [1.54, 1.807) is 12.2 Å². The largest absolute Gasteiger partial charge is 0.416 e. The van der Waals surface area contributed by atoms with Gasteiger partial charge >= 0.3 is 6.18 Å². The number of rotatable bonds is 6. The summed E-state index contributed by atoms with van der Waals surface area (Å²) < 4.78 is 38.2. The van der Waals surface area contributed by atoms with Crippen molar-refractivity contribution < 1.29 is 22.8 Å². The van der Waals surface area contributed by atoms with Gasteiger partial charge in [0, 0.05) is 5.56 Å². The Bertz CT molecular complexity index is 802. The lowest BCUT2D eigenvalue weighted by Crippen LogP contribution is -2.44. The minimum atomic E-state index is -4.56. The third-order valence-electron chi connectivity index (χ3n) is 3.58. The summed E-state index contributed by atoms with van der Waals surface area (Å²) in [5.41, 5.74) is 5.04. The summed E-state index contributed by atoms with van der Waals surface area (Å²) in [6.07, 6.45) is -1.02.